The van der Waals surface area contributed by atoms with Crippen LogP contribution in [0.5, 0.6) is 11.5 Å². The molecule has 0 radical (unpaired) electrons. The normalized spacial score (nSPS) is 23.1. The number of benzene rings is 2. The maximum atomic E-state index is 12.0. The van der Waals surface area contributed by atoms with Gasteiger partial charge in [0.1, 0.15) is 17.0 Å². The van der Waals surface area contributed by atoms with Crippen molar-refractivity contribution in [1.82, 2.24) is 0 Å². The summed E-state index contributed by atoms with van der Waals surface area (Å²) >= 11 is 0. The molecule has 6 nitrogen and oxygen atoms in total. The monoisotopic (exact) mass is 353 g/mol. The van der Waals surface area contributed by atoms with Crippen LogP contribution in [-0.2, 0) is 9.59 Å². The molecule has 0 amide bonds. The van der Waals surface area contributed by atoms with Gasteiger partial charge in [-0.05, 0) is 25.0 Å². The van der Waals surface area contributed by atoms with E-state index < -0.39 is 29.3 Å². The molecule has 1 fully saturated rings. The number of hydrogen-bond donors (Lipinski definition) is 3. The van der Waals surface area contributed by atoms with Gasteiger partial charge in [0.05, 0.1) is 5.92 Å². The Morgan fingerprint density at radius 3 is 2.04 bits per heavy atom. The number of carbonyl (C=O) groups is 2. The van der Waals surface area contributed by atoms with Gasteiger partial charge in [-0.2, -0.15) is 0 Å². The lowest BCUT2D eigenvalue weighted by Crippen LogP contribution is -2.52. The van der Waals surface area contributed by atoms with Crippen molar-refractivity contribution >= 4 is 11.9 Å². The van der Waals surface area contributed by atoms with Gasteiger partial charge in [-0.25, -0.2) is 0 Å². The number of carboxylic acids is 2. The van der Waals surface area contributed by atoms with Crippen LogP contribution in [0.15, 0.2) is 48.5 Å². The van der Waals surface area contributed by atoms with Crippen LogP contribution in [0, 0.1) is 11.8 Å². The molecule has 1 aliphatic heterocycles. The first kappa shape index (κ1) is 16.6. The van der Waals surface area contributed by atoms with Crippen LogP contribution in [0.4, 0.5) is 0 Å². The van der Waals surface area contributed by atoms with Crippen molar-refractivity contribution < 1.29 is 24.5 Å². The standard InChI is InChI=1S/C20H19NO5/c21-20(19(24)25,15-9-13(15)18(22)23)10-14-11-5-1-3-7-16(11)26-17-8-4-2-6-12(14)17/h1-8,13-15H,9-10,21H2,(H,22,23)(H,24,25)/t13?,15-,20+/m0/s1. The zero-order valence-corrected chi connectivity index (χ0v) is 14.0. The second-order valence-corrected chi connectivity index (χ2v) is 7.07. The fourth-order valence-electron chi connectivity index (χ4n) is 4.00. The lowest BCUT2D eigenvalue weighted by atomic mass is 9.76. The van der Waals surface area contributed by atoms with Crippen molar-refractivity contribution in [3.63, 3.8) is 0 Å². The topological polar surface area (TPSA) is 110 Å². The van der Waals surface area contributed by atoms with Gasteiger partial charge >= 0.3 is 11.9 Å². The third-order valence-electron chi connectivity index (χ3n) is 5.52. The van der Waals surface area contributed by atoms with E-state index in [0.29, 0.717) is 17.9 Å². The lowest BCUT2D eigenvalue weighted by molar-refractivity contribution is -0.145. The van der Waals surface area contributed by atoms with Crippen LogP contribution in [0.3, 0.4) is 0 Å². The fourth-order valence-corrected chi connectivity index (χ4v) is 4.00. The van der Waals surface area contributed by atoms with Crippen LogP contribution < -0.4 is 10.5 Å². The Bertz CT molecular complexity index is 850. The summed E-state index contributed by atoms with van der Waals surface area (Å²) in [5, 5.41) is 19.0. The van der Waals surface area contributed by atoms with E-state index in [1.165, 1.54) is 0 Å². The molecule has 0 spiro atoms. The van der Waals surface area contributed by atoms with Gasteiger partial charge in [-0.1, -0.05) is 36.4 Å². The van der Waals surface area contributed by atoms with E-state index in [4.69, 9.17) is 10.5 Å². The van der Waals surface area contributed by atoms with E-state index in [9.17, 15) is 19.8 Å². The highest BCUT2D eigenvalue weighted by atomic mass is 16.5. The molecule has 6 heteroatoms. The van der Waals surface area contributed by atoms with Gasteiger partial charge in [0.2, 0.25) is 0 Å². The average molecular weight is 353 g/mol. The van der Waals surface area contributed by atoms with E-state index in [1.54, 1.807) is 0 Å². The molecule has 0 aromatic heterocycles. The molecule has 2 aromatic rings. The molecule has 26 heavy (non-hydrogen) atoms. The molecule has 1 aliphatic carbocycles. The molecule has 134 valence electrons. The van der Waals surface area contributed by atoms with Crippen LogP contribution in [0.2, 0.25) is 0 Å². The smallest absolute Gasteiger partial charge is 0.324 e. The third-order valence-corrected chi connectivity index (χ3v) is 5.52. The highest BCUT2D eigenvalue weighted by Gasteiger charge is 2.59. The largest absolute Gasteiger partial charge is 0.481 e. The minimum absolute atomic E-state index is 0.119. The van der Waals surface area contributed by atoms with Crippen molar-refractivity contribution in [3.8, 4) is 11.5 Å². The van der Waals surface area contributed by atoms with Crippen LogP contribution in [-0.4, -0.2) is 27.7 Å². The van der Waals surface area contributed by atoms with Crippen molar-refractivity contribution in [1.29, 1.82) is 0 Å². The zero-order chi connectivity index (χ0) is 18.5. The Balaban J connectivity index is 1.75. The van der Waals surface area contributed by atoms with E-state index in [2.05, 4.69) is 0 Å². The Labute approximate surface area is 150 Å². The predicted molar refractivity (Wildman–Crippen MR) is 93.2 cm³/mol. The zero-order valence-electron chi connectivity index (χ0n) is 14.0. The molecule has 0 saturated heterocycles. The van der Waals surface area contributed by atoms with E-state index in [-0.39, 0.29) is 12.3 Å². The minimum atomic E-state index is -1.61. The van der Waals surface area contributed by atoms with Gasteiger partial charge < -0.3 is 20.7 Å². The van der Waals surface area contributed by atoms with Crippen LogP contribution >= 0.6 is 0 Å². The van der Waals surface area contributed by atoms with Crippen LogP contribution in [0.1, 0.15) is 29.9 Å². The Morgan fingerprint density at radius 2 is 1.58 bits per heavy atom. The summed E-state index contributed by atoms with van der Waals surface area (Å²) < 4.78 is 5.94. The number of rotatable bonds is 5. The van der Waals surface area contributed by atoms with E-state index in [1.807, 2.05) is 48.5 Å². The predicted octanol–water partition coefficient (Wildman–Crippen LogP) is 2.82. The maximum Gasteiger partial charge on any atom is 0.324 e. The molecule has 0 bridgehead atoms. The Morgan fingerprint density at radius 1 is 1.04 bits per heavy atom. The number of para-hydroxylation sites is 2. The minimum Gasteiger partial charge on any atom is -0.481 e. The first-order valence-corrected chi connectivity index (χ1v) is 8.52. The third kappa shape index (κ3) is 2.54. The molecule has 3 atom stereocenters. The van der Waals surface area contributed by atoms with Crippen molar-refractivity contribution in [2.75, 3.05) is 0 Å². The SMILES string of the molecule is N[C@@](CC1c2ccccc2Oc2ccccc21)(C(=O)O)[C@H]1CC1C(=O)O. The number of ether oxygens (including phenoxy) is 1. The molecule has 1 unspecified atom stereocenters. The first-order chi connectivity index (χ1) is 12.4. The van der Waals surface area contributed by atoms with Gasteiger partial charge in [-0.3, -0.25) is 9.59 Å². The first-order valence-electron chi connectivity index (χ1n) is 8.52. The fraction of sp³-hybridized carbons (Fsp3) is 0.300. The number of aliphatic carboxylic acids is 2. The molecule has 4 rings (SSSR count). The highest BCUT2D eigenvalue weighted by Crippen LogP contribution is 2.53. The molecular weight excluding hydrogens is 334 g/mol. The summed E-state index contributed by atoms with van der Waals surface area (Å²) in [7, 11) is 0. The summed E-state index contributed by atoms with van der Waals surface area (Å²) in [6.07, 6.45) is 0.415. The summed E-state index contributed by atoms with van der Waals surface area (Å²) in [5.74, 6) is -2.33. The van der Waals surface area contributed by atoms with Crippen molar-refractivity contribution in [3.05, 3.63) is 59.7 Å². The van der Waals surface area contributed by atoms with Crippen molar-refractivity contribution in [2.45, 2.75) is 24.3 Å². The second-order valence-electron chi connectivity index (χ2n) is 7.07. The number of carboxylic acid groups (broad SMARTS) is 2. The number of nitrogens with two attached hydrogens (primary N) is 1. The lowest BCUT2D eigenvalue weighted by Gasteiger charge is -2.34. The van der Waals surface area contributed by atoms with E-state index in [0.717, 1.165) is 11.1 Å². The summed E-state index contributed by atoms with van der Waals surface area (Å²) in [6, 6.07) is 15.0. The van der Waals surface area contributed by atoms with E-state index >= 15 is 0 Å². The molecule has 1 saturated carbocycles. The quantitative estimate of drug-likeness (QED) is 0.762. The summed E-state index contributed by atoms with van der Waals surface area (Å²) in [6.45, 7) is 0. The van der Waals surface area contributed by atoms with Gasteiger partial charge in [0.15, 0.2) is 0 Å². The second kappa shape index (κ2) is 5.85. The Hall–Kier alpha value is -2.86. The molecule has 2 aliphatic rings. The van der Waals surface area contributed by atoms with Gasteiger partial charge in [0, 0.05) is 23.0 Å². The number of fused-ring (bicyclic) bond motifs is 2. The van der Waals surface area contributed by atoms with Gasteiger partial charge in [0.25, 0.3) is 0 Å². The average Bonchev–Trinajstić information content (AvgIpc) is 3.43. The highest BCUT2D eigenvalue weighted by molar-refractivity contribution is 5.83. The molecule has 2 aromatic carbocycles. The molecule has 4 N–H and O–H groups in total. The summed E-state index contributed by atoms with van der Waals surface area (Å²) in [5.41, 5.74) is 6.45. The van der Waals surface area contributed by atoms with Crippen LogP contribution in [0.25, 0.3) is 0 Å². The number of hydrogen-bond acceptors (Lipinski definition) is 4. The van der Waals surface area contributed by atoms with Gasteiger partial charge in [-0.15, -0.1) is 0 Å². The molecule has 1 heterocycles. The molecular formula is C20H19NO5. The maximum absolute atomic E-state index is 12.0. The summed E-state index contributed by atoms with van der Waals surface area (Å²) in [4.78, 5) is 23.3. The Kier molecular flexibility index (Phi) is 3.73. The van der Waals surface area contributed by atoms with Crippen molar-refractivity contribution in [2.24, 2.45) is 17.6 Å².